The topological polar surface area (TPSA) is 57.3 Å². The lowest BCUT2D eigenvalue weighted by Gasteiger charge is -2.25. The second-order valence-electron chi connectivity index (χ2n) is 7.06. The van der Waals surface area contributed by atoms with E-state index in [2.05, 4.69) is 26.6 Å². The first-order chi connectivity index (χ1) is 12.7. The summed E-state index contributed by atoms with van der Waals surface area (Å²) in [7, 11) is 0. The molecule has 2 heterocycles. The largest absolute Gasteiger partial charge is 0.335 e. The van der Waals surface area contributed by atoms with Crippen molar-refractivity contribution in [2.45, 2.75) is 51.2 Å². The van der Waals surface area contributed by atoms with Crippen molar-refractivity contribution in [3.8, 4) is 0 Å². The quantitative estimate of drug-likeness (QED) is 0.812. The van der Waals surface area contributed by atoms with Gasteiger partial charge in [0.1, 0.15) is 0 Å². The van der Waals surface area contributed by atoms with E-state index in [-0.39, 0.29) is 6.03 Å². The zero-order valence-corrected chi connectivity index (χ0v) is 16.2. The summed E-state index contributed by atoms with van der Waals surface area (Å²) in [5, 5.41) is 7.45. The molecule has 5 nitrogen and oxygen atoms in total. The van der Waals surface area contributed by atoms with Gasteiger partial charge in [-0.1, -0.05) is 36.6 Å². The molecule has 1 saturated carbocycles. The number of carbonyl (C=O) groups excluding carboxylic acids is 1. The van der Waals surface area contributed by atoms with Crippen molar-refractivity contribution in [2.24, 2.45) is 0 Å². The molecule has 0 saturated heterocycles. The van der Waals surface area contributed by atoms with E-state index in [1.165, 1.54) is 23.3 Å². The fraction of sp³-hybridized carbons (Fsp3) is 0.474. The van der Waals surface area contributed by atoms with E-state index in [9.17, 15) is 4.79 Å². The number of rotatable bonds is 4. The molecule has 2 amide bonds. The second-order valence-corrected chi connectivity index (χ2v) is 8.58. The second kappa shape index (κ2) is 7.94. The van der Waals surface area contributed by atoms with Crippen molar-refractivity contribution < 1.29 is 4.79 Å². The zero-order valence-electron chi connectivity index (χ0n) is 14.6. The molecule has 2 aliphatic rings. The van der Waals surface area contributed by atoms with E-state index >= 15 is 0 Å². The van der Waals surface area contributed by atoms with Crippen molar-refractivity contribution in [2.75, 3.05) is 11.9 Å². The van der Waals surface area contributed by atoms with Gasteiger partial charge in [0, 0.05) is 42.0 Å². The van der Waals surface area contributed by atoms with Crippen LogP contribution in [0.3, 0.4) is 0 Å². The molecule has 2 N–H and O–H groups in total. The van der Waals surface area contributed by atoms with E-state index in [0.29, 0.717) is 11.2 Å². The molecular formula is C19H23ClN4OS. The van der Waals surface area contributed by atoms with Crippen LogP contribution in [-0.4, -0.2) is 28.5 Å². The maximum Gasteiger partial charge on any atom is 0.321 e. The molecule has 0 unspecified atom stereocenters. The number of carbonyl (C=O) groups is 1. The molecule has 1 fully saturated rings. The summed E-state index contributed by atoms with van der Waals surface area (Å²) >= 11 is 7.67. The summed E-state index contributed by atoms with van der Waals surface area (Å²) in [5.41, 5.74) is 2.34. The minimum absolute atomic E-state index is 0.126. The number of halogens is 1. The zero-order chi connectivity index (χ0) is 17.9. The number of urea groups is 1. The van der Waals surface area contributed by atoms with Gasteiger partial charge in [-0.05, 0) is 30.5 Å². The molecule has 0 spiro atoms. The van der Waals surface area contributed by atoms with Gasteiger partial charge in [-0.25, -0.2) is 9.78 Å². The number of anilines is 1. The van der Waals surface area contributed by atoms with Gasteiger partial charge in [-0.15, -0.1) is 11.3 Å². The molecule has 0 radical (unpaired) electrons. The van der Waals surface area contributed by atoms with Crippen molar-refractivity contribution in [1.82, 2.24) is 15.2 Å². The lowest BCUT2D eigenvalue weighted by atomic mass is 10.1. The fourth-order valence-electron chi connectivity index (χ4n) is 3.72. The minimum Gasteiger partial charge on any atom is -0.335 e. The molecule has 0 bridgehead atoms. The molecule has 0 atom stereocenters. The molecule has 26 heavy (non-hydrogen) atoms. The number of hydrogen-bond acceptors (Lipinski definition) is 4. The van der Waals surface area contributed by atoms with Gasteiger partial charge in [-0.3, -0.25) is 10.2 Å². The summed E-state index contributed by atoms with van der Waals surface area (Å²) in [6.45, 7) is 2.71. The Balaban J connectivity index is 1.35. The fourth-order valence-corrected chi connectivity index (χ4v) is 4.98. The first kappa shape index (κ1) is 17.8. The smallest absolute Gasteiger partial charge is 0.321 e. The van der Waals surface area contributed by atoms with Crippen LogP contribution in [0.25, 0.3) is 0 Å². The normalized spacial score (nSPS) is 17.9. The Bertz CT molecular complexity index is 788. The Morgan fingerprint density at radius 2 is 2.19 bits per heavy atom. The highest BCUT2D eigenvalue weighted by Gasteiger charge is 2.22. The van der Waals surface area contributed by atoms with Crippen LogP contribution in [0.1, 0.15) is 41.8 Å². The average molecular weight is 391 g/mol. The van der Waals surface area contributed by atoms with Crippen LogP contribution in [0, 0.1) is 0 Å². The number of aromatic nitrogens is 1. The minimum atomic E-state index is -0.126. The Kier molecular flexibility index (Phi) is 5.43. The third kappa shape index (κ3) is 4.37. The van der Waals surface area contributed by atoms with Crippen molar-refractivity contribution in [3.05, 3.63) is 45.4 Å². The Morgan fingerprint density at radius 3 is 3.00 bits per heavy atom. The summed E-state index contributed by atoms with van der Waals surface area (Å²) in [4.78, 5) is 20.4. The number of nitrogens with zero attached hydrogens (tertiary/aromatic N) is 2. The SMILES string of the molecule is O=C(Nc1nc2c(s1)CN(Cc1cccc(Cl)c1)CC2)NC1CCCC1. The molecule has 4 rings (SSSR count). The molecule has 7 heteroatoms. The number of hydrogen-bond donors (Lipinski definition) is 2. The van der Waals surface area contributed by atoms with Gasteiger partial charge < -0.3 is 5.32 Å². The number of benzene rings is 1. The molecule has 2 aromatic rings. The molecule has 1 aliphatic carbocycles. The summed E-state index contributed by atoms with van der Waals surface area (Å²) < 4.78 is 0. The summed E-state index contributed by atoms with van der Waals surface area (Å²) in [6, 6.07) is 8.21. The van der Waals surface area contributed by atoms with Gasteiger partial charge >= 0.3 is 6.03 Å². The number of fused-ring (bicyclic) bond motifs is 1. The van der Waals surface area contributed by atoms with E-state index in [0.717, 1.165) is 49.6 Å². The third-order valence-corrected chi connectivity index (χ3v) is 6.25. The van der Waals surface area contributed by atoms with Crippen LogP contribution in [-0.2, 0) is 19.5 Å². The lowest BCUT2D eigenvalue weighted by Crippen LogP contribution is -2.36. The Labute approximate surface area is 162 Å². The number of nitrogens with one attached hydrogen (secondary N) is 2. The highest BCUT2D eigenvalue weighted by molar-refractivity contribution is 7.15. The Hall–Kier alpha value is -1.63. The molecule has 138 valence electrons. The van der Waals surface area contributed by atoms with Gasteiger partial charge in [0.05, 0.1) is 5.69 Å². The standard InChI is InChI=1S/C19H23ClN4OS/c20-14-5-3-4-13(10-14)11-24-9-8-16-17(12-24)26-19(22-16)23-18(25)21-15-6-1-2-7-15/h3-5,10,15H,1-2,6-9,11-12H2,(H2,21,22,23,25). The van der Waals surface area contributed by atoms with Crippen LogP contribution in [0.2, 0.25) is 5.02 Å². The predicted octanol–water partition coefficient (Wildman–Crippen LogP) is 4.42. The van der Waals surface area contributed by atoms with Crippen LogP contribution < -0.4 is 10.6 Å². The van der Waals surface area contributed by atoms with Gasteiger partial charge in [0.15, 0.2) is 5.13 Å². The monoisotopic (exact) mass is 390 g/mol. The van der Waals surface area contributed by atoms with Gasteiger partial charge in [0.25, 0.3) is 0 Å². The lowest BCUT2D eigenvalue weighted by molar-refractivity contribution is 0.247. The van der Waals surface area contributed by atoms with E-state index in [1.54, 1.807) is 11.3 Å². The van der Waals surface area contributed by atoms with Crippen LogP contribution in [0.5, 0.6) is 0 Å². The maximum atomic E-state index is 12.1. The van der Waals surface area contributed by atoms with Crippen LogP contribution in [0.15, 0.2) is 24.3 Å². The Morgan fingerprint density at radius 1 is 1.35 bits per heavy atom. The van der Waals surface area contributed by atoms with Gasteiger partial charge in [0.2, 0.25) is 0 Å². The molecule has 1 aliphatic heterocycles. The van der Waals surface area contributed by atoms with Crippen LogP contribution in [0.4, 0.5) is 9.93 Å². The molecular weight excluding hydrogens is 368 g/mol. The highest BCUT2D eigenvalue weighted by Crippen LogP contribution is 2.29. The first-order valence-electron chi connectivity index (χ1n) is 9.18. The van der Waals surface area contributed by atoms with Crippen molar-refractivity contribution in [1.29, 1.82) is 0 Å². The summed E-state index contributed by atoms with van der Waals surface area (Å²) in [6.07, 6.45) is 5.50. The van der Waals surface area contributed by atoms with Crippen LogP contribution >= 0.6 is 22.9 Å². The predicted molar refractivity (Wildman–Crippen MR) is 106 cm³/mol. The maximum absolute atomic E-state index is 12.1. The van der Waals surface area contributed by atoms with E-state index < -0.39 is 0 Å². The average Bonchev–Trinajstić information content (AvgIpc) is 3.23. The highest BCUT2D eigenvalue weighted by atomic mass is 35.5. The van der Waals surface area contributed by atoms with Gasteiger partial charge in [-0.2, -0.15) is 0 Å². The molecule has 1 aromatic carbocycles. The van der Waals surface area contributed by atoms with E-state index in [1.807, 2.05) is 18.2 Å². The number of thiazole rings is 1. The van der Waals surface area contributed by atoms with E-state index in [4.69, 9.17) is 11.6 Å². The van der Waals surface area contributed by atoms with Crippen molar-refractivity contribution >= 4 is 34.1 Å². The molecule has 1 aromatic heterocycles. The van der Waals surface area contributed by atoms with Crippen molar-refractivity contribution in [3.63, 3.8) is 0 Å². The summed E-state index contributed by atoms with van der Waals surface area (Å²) in [5.74, 6) is 0. The number of amides is 2. The third-order valence-electron chi connectivity index (χ3n) is 5.02. The first-order valence-corrected chi connectivity index (χ1v) is 10.4.